The number of rotatable bonds is 5. The normalized spacial score (nSPS) is 10.3. The summed E-state index contributed by atoms with van der Waals surface area (Å²) in [5, 5.41) is 0. The largest absolute Gasteiger partial charge is 0.478 e. The maximum absolute atomic E-state index is 5.67. The molecule has 0 fully saturated rings. The molecule has 0 saturated heterocycles. The van der Waals surface area contributed by atoms with Gasteiger partial charge in [0, 0.05) is 25.3 Å². The van der Waals surface area contributed by atoms with E-state index in [0.717, 1.165) is 17.1 Å². The predicted molar refractivity (Wildman–Crippen MR) is 77.8 cm³/mol. The molecule has 19 heavy (non-hydrogen) atoms. The van der Waals surface area contributed by atoms with Gasteiger partial charge in [-0.05, 0) is 30.7 Å². The highest BCUT2D eigenvalue weighted by Gasteiger charge is 2.07. The van der Waals surface area contributed by atoms with Crippen molar-refractivity contribution >= 4 is 11.5 Å². The molecule has 0 atom stereocenters. The average Bonchev–Trinajstić information content (AvgIpc) is 2.47. The number of ether oxygens (including phenoxy) is 1. The monoisotopic (exact) mass is 257 g/mol. The van der Waals surface area contributed by atoms with E-state index in [1.807, 2.05) is 55.3 Å². The highest BCUT2D eigenvalue weighted by molar-refractivity contribution is 5.60. The molecule has 0 aliphatic heterocycles. The summed E-state index contributed by atoms with van der Waals surface area (Å²) in [5.74, 6) is 1.49. The van der Waals surface area contributed by atoms with Crippen molar-refractivity contribution in [1.82, 2.24) is 4.98 Å². The van der Waals surface area contributed by atoms with Gasteiger partial charge < -0.3 is 15.4 Å². The standard InChI is InChI=1S/C15H19N3O/c1-3-19-15-9-5-8-14(17-15)18(2)13-7-4-6-12(10-13)11-16/h4-10H,3,11,16H2,1-2H3. The third-order valence-corrected chi connectivity index (χ3v) is 2.88. The van der Waals surface area contributed by atoms with E-state index >= 15 is 0 Å². The van der Waals surface area contributed by atoms with Crippen LogP contribution in [0.3, 0.4) is 0 Å². The molecule has 2 N–H and O–H groups in total. The third-order valence-electron chi connectivity index (χ3n) is 2.88. The smallest absolute Gasteiger partial charge is 0.215 e. The molecule has 4 heteroatoms. The lowest BCUT2D eigenvalue weighted by Crippen LogP contribution is -2.12. The van der Waals surface area contributed by atoms with Gasteiger partial charge in [-0.3, -0.25) is 0 Å². The molecule has 0 spiro atoms. The van der Waals surface area contributed by atoms with Gasteiger partial charge in [-0.1, -0.05) is 18.2 Å². The first-order valence-electron chi connectivity index (χ1n) is 6.37. The summed E-state index contributed by atoms with van der Waals surface area (Å²) in [6, 6.07) is 13.9. The number of hydrogen-bond donors (Lipinski definition) is 1. The van der Waals surface area contributed by atoms with Crippen LogP contribution in [0, 0.1) is 0 Å². The summed E-state index contributed by atoms with van der Waals surface area (Å²) in [7, 11) is 1.98. The quantitative estimate of drug-likeness (QED) is 0.894. The Morgan fingerprint density at radius 1 is 1.21 bits per heavy atom. The lowest BCUT2D eigenvalue weighted by Gasteiger charge is -2.19. The highest BCUT2D eigenvalue weighted by Crippen LogP contribution is 2.24. The molecular formula is C15H19N3O. The molecule has 1 aromatic carbocycles. The Balaban J connectivity index is 2.27. The van der Waals surface area contributed by atoms with Crippen molar-refractivity contribution in [3.05, 3.63) is 48.0 Å². The molecule has 0 bridgehead atoms. The molecular weight excluding hydrogens is 238 g/mol. The van der Waals surface area contributed by atoms with Gasteiger partial charge in [0.05, 0.1) is 6.61 Å². The SMILES string of the molecule is CCOc1cccc(N(C)c2cccc(CN)c2)n1. The van der Waals surface area contributed by atoms with Crippen molar-refractivity contribution in [3.8, 4) is 5.88 Å². The average molecular weight is 257 g/mol. The van der Waals surface area contributed by atoms with E-state index in [4.69, 9.17) is 10.5 Å². The van der Waals surface area contributed by atoms with Gasteiger partial charge in [-0.15, -0.1) is 0 Å². The number of benzene rings is 1. The fourth-order valence-electron chi connectivity index (χ4n) is 1.84. The van der Waals surface area contributed by atoms with Crippen molar-refractivity contribution in [2.24, 2.45) is 5.73 Å². The van der Waals surface area contributed by atoms with Crippen LogP contribution < -0.4 is 15.4 Å². The lowest BCUT2D eigenvalue weighted by molar-refractivity contribution is 0.327. The topological polar surface area (TPSA) is 51.4 Å². The number of nitrogens with zero attached hydrogens (tertiary/aromatic N) is 2. The van der Waals surface area contributed by atoms with E-state index in [-0.39, 0.29) is 0 Å². The van der Waals surface area contributed by atoms with Crippen LogP contribution in [0.2, 0.25) is 0 Å². The Hall–Kier alpha value is -2.07. The van der Waals surface area contributed by atoms with Crippen molar-refractivity contribution in [3.63, 3.8) is 0 Å². The molecule has 0 unspecified atom stereocenters. The van der Waals surface area contributed by atoms with E-state index in [0.29, 0.717) is 19.0 Å². The predicted octanol–water partition coefficient (Wildman–Crippen LogP) is 2.71. The minimum atomic E-state index is 0.536. The molecule has 1 heterocycles. The zero-order chi connectivity index (χ0) is 13.7. The molecule has 0 saturated carbocycles. The van der Waals surface area contributed by atoms with Crippen LogP contribution in [0.5, 0.6) is 5.88 Å². The van der Waals surface area contributed by atoms with Crippen LogP contribution in [-0.2, 0) is 6.54 Å². The van der Waals surface area contributed by atoms with Gasteiger partial charge in [0.25, 0.3) is 0 Å². The summed E-state index contributed by atoms with van der Waals surface area (Å²) in [6.45, 7) is 3.10. The van der Waals surface area contributed by atoms with E-state index in [9.17, 15) is 0 Å². The van der Waals surface area contributed by atoms with Crippen molar-refractivity contribution in [2.45, 2.75) is 13.5 Å². The number of hydrogen-bond acceptors (Lipinski definition) is 4. The van der Waals surface area contributed by atoms with Crippen molar-refractivity contribution in [1.29, 1.82) is 0 Å². The molecule has 0 aliphatic carbocycles. The van der Waals surface area contributed by atoms with Crippen molar-refractivity contribution < 1.29 is 4.74 Å². The van der Waals surface area contributed by atoms with E-state index in [1.165, 1.54) is 0 Å². The molecule has 4 nitrogen and oxygen atoms in total. The molecule has 2 aromatic rings. The first kappa shape index (κ1) is 13.4. The van der Waals surface area contributed by atoms with Crippen LogP contribution in [0.25, 0.3) is 0 Å². The van der Waals surface area contributed by atoms with Gasteiger partial charge >= 0.3 is 0 Å². The Labute approximate surface area is 113 Å². The maximum atomic E-state index is 5.67. The summed E-state index contributed by atoms with van der Waals surface area (Å²) in [6.07, 6.45) is 0. The Morgan fingerprint density at radius 2 is 2.00 bits per heavy atom. The van der Waals surface area contributed by atoms with Gasteiger partial charge in [0.2, 0.25) is 5.88 Å². The number of pyridine rings is 1. The number of aromatic nitrogens is 1. The molecule has 0 radical (unpaired) electrons. The van der Waals surface area contributed by atoms with Crippen LogP contribution in [-0.4, -0.2) is 18.6 Å². The second-order valence-corrected chi connectivity index (χ2v) is 4.20. The summed E-state index contributed by atoms with van der Waals surface area (Å²) in [4.78, 5) is 6.48. The number of anilines is 2. The highest BCUT2D eigenvalue weighted by atomic mass is 16.5. The maximum Gasteiger partial charge on any atom is 0.215 e. The zero-order valence-electron chi connectivity index (χ0n) is 11.3. The van der Waals surface area contributed by atoms with Crippen LogP contribution in [0.4, 0.5) is 11.5 Å². The van der Waals surface area contributed by atoms with Gasteiger partial charge in [-0.25, -0.2) is 0 Å². The van der Waals surface area contributed by atoms with Gasteiger partial charge in [-0.2, -0.15) is 4.98 Å². The molecule has 0 aliphatic rings. The van der Waals surface area contributed by atoms with E-state index in [2.05, 4.69) is 11.1 Å². The van der Waals surface area contributed by atoms with E-state index < -0.39 is 0 Å². The van der Waals surface area contributed by atoms with Crippen molar-refractivity contribution in [2.75, 3.05) is 18.6 Å². The number of nitrogens with two attached hydrogens (primary N) is 1. The Morgan fingerprint density at radius 3 is 2.74 bits per heavy atom. The molecule has 1 aromatic heterocycles. The van der Waals surface area contributed by atoms with Gasteiger partial charge in [0.1, 0.15) is 5.82 Å². The summed E-state index contributed by atoms with van der Waals surface area (Å²) < 4.78 is 5.42. The first-order chi connectivity index (χ1) is 9.24. The molecule has 2 rings (SSSR count). The Bertz CT molecular complexity index is 542. The van der Waals surface area contributed by atoms with E-state index in [1.54, 1.807) is 0 Å². The van der Waals surface area contributed by atoms with Gasteiger partial charge in [0.15, 0.2) is 0 Å². The Kier molecular flexibility index (Phi) is 4.36. The lowest BCUT2D eigenvalue weighted by atomic mass is 10.2. The second-order valence-electron chi connectivity index (χ2n) is 4.20. The minimum Gasteiger partial charge on any atom is -0.478 e. The summed E-state index contributed by atoms with van der Waals surface area (Å²) in [5.41, 5.74) is 7.83. The van der Waals surface area contributed by atoms with Crippen LogP contribution >= 0.6 is 0 Å². The first-order valence-corrected chi connectivity index (χ1v) is 6.37. The molecule has 0 amide bonds. The summed E-state index contributed by atoms with van der Waals surface area (Å²) >= 11 is 0. The fourth-order valence-corrected chi connectivity index (χ4v) is 1.84. The zero-order valence-corrected chi connectivity index (χ0v) is 11.3. The molecule has 100 valence electrons. The van der Waals surface area contributed by atoms with Crippen LogP contribution in [0.1, 0.15) is 12.5 Å². The second kappa shape index (κ2) is 6.20. The minimum absolute atomic E-state index is 0.536. The van der Waals surface area contributed by atoms with Crippen LogP contribution in [0.15, 0.2) is 42.5 Å². The third kappa shape index (κ3) is 3.23. The fraction of sp³-hybridized carbons (Fsp3) is 0.267.